The molecule has 2 heterocycles. The van der Waals surface area contributed by atoms with Gasteiger partial charge in [-0.1, -0.05) is 42.5 Å². The predicted octanol–water partition coefficient (Wildman–Crippen LogP) is 4.29. The van der Waals surface area contributed by atoms with E-state index in [2.05, 4.69) is 40.3 Å². The summed E-state index contributed by atoms with van der Waals surface area (Å²) in [5.74, 6) is -1.90. The number of nitrogens with two attached hydrogens (primary N) is 1. The molecule has 1 aliphatic rings. The highest BCUT2D eigenvalue weighted by atomic mass is 19.4. The zero-order valence-electron chi connectivity index (χ0n) is 15.3. The van der Waals surface area contributed by atoms with Crippen molar-refractivity contribution in [3.8, 4) is 22.5 Å². The van der Waals surface area contributed by atoms with E-state index in [-0.39, 0.29) is 6.04 Å². The lowest BCUT2D eigenvalue weighted by atomic mass is 9.99. The van der Waals surface area contributed by atoms with Gasteiger partial charge in [0.15, 0.2) is 0 Å². The average molecular weight is 412 g/mol. The van der Waals surface area contributed by atoms with Gasteiger partial charge in [-0.15, -0.1) is 0 Å². The van der Waals surface area contributed by atoms with Crippen molar-refractivity contribution in [2.75, 3.05) is 0 Å². The number of aromatic nitrogens is 3. The first-order valence-electron chi connectivity index (χ1n) is 8.85. The van der Waals surface area contributed by atoms with Crippen LogP contribution >= 0.6 is 0 Å². The maximum Gasteiger partial charge on any atom is 0.490 e. The van der Waals surface area contributed by atoms with Gasteiger partial charge in [0, 0.05) is 11.8 Å². The van der Waals surface area contributed by atoms with Gasteiger partial charge in [0.05, 0.1) is 23.3 Å². The van der Waals surface area contributed by atoms with Crippen LogP contribution in [-0.4, -0.2) is 32.2 Å². The molecule has 30 heavy (non-hydrogen) atoms. The van der Waals surface area contributed by atoms with Crippen molar-refractivity contribution in [1.82, 2.24) is 15.0 Å². The summed E-state index contributed by atoms with van der Waals surface area (Å²) in [6, 6.07) is 16.4. The minimum Gasteiger partial charge on any atom is -0.475 e. The molecule has 4 N–H and O–H groups in total. The van der Waals surface area contributed by atoms with Crippen LogP contribution in [0.25, 0.3) is 33.5 Å². The second-order valence-electron chi connectivity index (χ2n) is 6.62. The zero-order chi connectivity index (χ0) is 21.5. The average Bonchev–Trinajstić information content (AvgIpc) is 3.28. The molecule has 1 atom stereocenters. The topological polar surface area (TPSA) is 105 Å². The highest BCUT2D eigenvalue weighted by molar-refractivity contribution is 5.91. The number of carboxylic acid groups (broad SMARTS) is 1. The number of halogens is 3. The van der Waals surface area contributed by atoms with Crippen molar-refractivity contribution in [3.63, 3.8) is 0 Å². The fraction of sp³-hybridized carbons (Fsp3) is 0.0952. The van der Waals surface area contributed by atoms with Crippen molar-refractivity contribution in [2.45, 2.75) is 12.2 Å². The number of nitrogens with one attached hydrogen (secondary N) is 1. The van der Waals surface area contributed by atoms with Gasteiger partial charge in [0.1, 0.15) is 5.82 Å². The van der Waals surface area contributed by atoms with Gasteiger partial charge in [0.2, 0.25) is 0 Å². The highest BCUT2D eigenvalue weighted by Gasteiger charge is 2.38. The molecule has 1 unspecified atom stereocenters. The Labute approximate surface area is 168 Å². The number of benzene rings is 2. The molecule has 0 fully saturated rings. The summed E-state index contributed by atoms with van der Waals surface area (Å²) < 4.78 is 31.7. The van der Waals surface area contributed by atoms with Gasteiger partial charge < -0.3 is 15.8 Å². The van der Waals surface area contributed by atoms with Crippen LogP contribution in [0, 0.1) is 0 Å². The molecule has 6 nitrogen and oxygen atoms in total. The SMILES string of the molecule is NC1c2ccccc2-c2c(-c3nc4ccncc4[nH]3)cccc21.O=C(O)C(F)(F)F. The van der Waals surface area contributed by atoms with E-state index in [4.69, 9.17) is 20.6 Å². The van der Waals surface area contributed by atoms with Crippen LogP contribution in [0.15, 0.2) is 60.9 Å². The fourth-order valence-corrected chi connectivity index (χ4v) is 3.48. The quantitative estimate of drug-likeness (QED) is 0.433. The molecule has 5 rings (SSSR count). The molecule has 0 bridgehead atoms. The monoisotopic (exact) mass is 412 g/mol. The van der Waals surface area contributed by atoms with Crippen molar-refractivity contribution < 1.29 is 23.1 Å². The number of imidazole rings is 1. The number of alkyl halides is 3. The largest absolute Gasteiger partial charge is 0.490 e. The van der Waals surface area contributed by atoms with Crippen LogP contribution < -0.4 is 5.73 Å². The Hall–Kier alpha value is -3.72. The second-order valence-corrected chi connectivity index (χ2v) is 6.62. The standard InChI is InChI=1S/C19H14N4.C2HF3O2/c20-18-12-5-2-1-4-11(12)17-13(18)6-3-7-14(17)19-22-15-8-9-21-10-16(15)23-19;3-2(4,5)1(6)7/h1-10,18H,20H2,(H,22,23);(H,6,7). The second kappa shape index (κ2) is 7.27. The molecule has 2 aromatic heterocycles. The molecule has 0 saturated heterocycles. The summed E-state index contributed by atoms with van der Waals surface area (Å²) in [5.41, 5.74) is 14.1. The Kier molecular flexibility index (Phi) is 4.75. The number of hydrogen-bond acceptors (Lipinski definition) is 4. The molecule has 0 radical (unpaired) electrons. The molecule has 1 aliphatic carbocycles. The van der Waals surface area contributed by atoms with E-state index in [9.17, 15) is 13.2 Å². The molecule has 4 aromatic rings. The number of carboxylic acids is 1. The van der Waals surface area contributed by atoms with Gasteiger partial charge in [-0.05, 0) is 28.3 Å². The molecule has 0 amide bonds. The Morgan fingerprint density at radius 3 is 2.40 bits per heavy atom. The van der Waals surface area contributed by atoms with Crippen molar-refractivity contribution in [1.29, 1.82) is 0 Å². The van der Waals surface area contributed by atoms with Crippen LogP contribution in [0.5, 0.6) is 0 Å². The van der Waals surface area contributed by atoms with Crippen molar-refractivity contribution in [3.05, 3.63) is 72.1 Å². The summed E-state index contributed by atoms with van der Waals surface area (Å²) in [4.78, 5) is 21.1. The summed E-state index contributed by atoms with van der Waals surface area (Å²) in [7, 11) is 0. The van der Waals surface area contributed by atoms with Gasteiger partial charge in [-0.3, -0.25) is 4.98 Å². The first kappa shape index (κ1) is 19.6. The molecule has 9 heteroatoms. The lowest BCUT2D eigenvalue weighted by Crippen LogP contribution is -2.21. The summed E-state index contributed by atoms with van der Waals surface area (Å²) in [6.45, 7) is 0. The number of H-pyrrole nitrogens is 1. The van der Waals surface area contributed by atoms with E-state index in [0.717, 1.165) is 28.0 Å². The molecule has 0 saturated carbocycles. The minimum absolute atomic E-state index is 0.0767. The molecule has 2 aromatic carbocycles. The Balaban J connectivity index is 0.000000272. The zero-order valence-corrected chi connectivity index (χ0v) is 15.3. The van der Waals surface area contributed by atoms with Gasteiger partial charge in [0.25, 0.3) is 0 Å². The van der Waals surface area contributed by atoms with Crippen molar-refractivity contribution >= 4 is 17.0 Å². The lowest BCUT2D eigenvalue weighted by molar-refractivity contribution is -0.192. The number of pyridine rings is 1. The van der Waals surface area contributed by atoms with E-state index in [1.165, 1.54) is 16.7 Å². The Bertz CT molecular complexity index is 1220. The van der Waals surface area contributed by atoms with E-state index < -0.39 is 12.1 Å². The minimum atomic E-state index is -5.08. The number of nitrogens with zero attached hydrogens (tertiary/aromatic N) is 2. The summed E-state index contributed by atoms with van der Waals surface area (Å²) >= 11 is 0. The third kappa shape index (κ3) is 3.39. The lowest BCUT2D eigenvalue weighted by Gasteiger charge is -2.08. The normalized spacial score (nSPS) is 14.6. The van der Waals surface area contributed by atoms with E-state index >= 15 is 0 Å². The molecular formula is C21H15F3N4O2. The number of rotatable bonds is 1. The first-order chi connectivity index (χ1) is 14.3. The van der Waals surface area contributed by atoms with Crippen LogP contribution in [0.3, 0.4) is 0 Å². The number of fused-ring (bicyclic) bond motifs is 4. The maximum absolute atomic E-state index is 10.6. The maximum atomic E-state index is 10.6. The van der Waals surface area contributed by atoms with Crippen LogP contribution in [0.2, 0.25) is 0 Å². The highest BCUT2D eigenvalue weighted by Crippen LogP contribution is 2.46. The van der Waals surface area contributed by atoms with E-state index in [0.29, 0.717) is 0 Å². The number of aromatic amines is 1. The van der Waals surface area contributed by atoms with Gasteiger partial charge in [-0.25, -0.2) is 9.78 Å². The predicted molar refractivity (Wildman–Crippen MR) is 104 cm³/mol. The molecule has 0 spiro atoms. The van der Waals surface area contributed by atoms with E-state index in [1.54, 1.807) is 12.4 Å². The van der Waals surface area contributed by atoms with Crippen LogP contribution in [0.1, 0.15) is 17.2 Å². The van der Waals surface area contributed by atoms with Gasteiger partial charge >= 0.3 is 12.1 Å². The Morgan fingerprint density at radius 2 is 1.70 bits per heavy atom. The van der Waals surface area contributed by atoms with Crippen LogP contribution in [0.4, 0.5) is 13.2 Å². The molecular weight excluding hydrogens is 397 g/mol. The summed E-state index contributed by atoms with van der Waals surface area (Å²) in [6.07, 6.45) is -1.53. The number of aliphatic carboxylic acids is 1. The van der Waals surface area contributed by atoms with Crippen molar-refractivity contribution in [2.24, 2.45) is 5.73 Å². The van der Waals surface area contributed by atoms with Gasteiger partial charge in [-0.2, -0.15) is 13.2 Å². The van der Waals surface area contributed by atoms with Crippen LogP contribution in [-0.2, 0) is 4.79 Å². The first-order valence-corrected chi connectivity index (χ1v) is 8.85. The van der Waals surface area contributed by atoms with E-state index in [1.807, 2.05) is 18.2 Å². The molecule has 0 aliphatic heterocycles. The third-order valence-corrected chi connectivity index (χ3v) is 4.78. The number of carbonyl (C=O) groups is 1. The Morgan fingerprint density at radius 1 is 1.03 bits per heavy atom. The smallest absolute Gasteiger partial charge is 0.475 e. The summed E-state index contributed by atoms with van der Waals surface area (Å²) in [5, 5.41) is 7.12. The fourth-order valence-electron chi connectivity index (χ4n) is 3.48. The number of hydrogen-bond donors (Lipinski definition) is 3. The third-order valence-electron chi connectivity index (χ3n) is 4.78. The molecule has 152 valence electrons.